The van der Waals surface area contributed by atoms with Crippen molar-refractivity contribution in [1.29, 1.82) is 5.41 Å². The van der Waals surface area contributed by atoms with Crippen molar-refractivity contribution in [1.82, 2.24) is 24.2 Å². The summed E-state index contributed by atoms with van der Waals surface area (Å²) in [5.41, 5.74) is 1.21. The first-order valence-corrected chi connectivity index (χ1v) is 12.5. The van der Waals surface area contributed by atoms with Crippen molar-refractivity contribution in [3.8, 4) is 11.1 Å². The molecule has 204 valence electrons. The molecule has 7 nitrogen and oxygen atoms in total. The summed E-state index contributed by atoms with van der Waals surface area (Å²) in [5.74, 6) is -0.581. The maximum absolute atomic E-state index is 13.9. The highest BCUT2D eigenvalue weighted by Gasteiger charge is 2.38. The number of hydrogen-bond donors (Lipinski definition) is 2. The lowest BCUT2D eigenvalue weighted by atomic mass is 9.97. The Hall–Kier alpha value is -4.15. The van der Waals surface area contributed by atoms with Crippen molar-refractivity contribution >= 4 is 5.91 Å². The Balaban J connectivity index is 1.56. The number of nitrogens with one attached hydrogen (secondary N) is 2. The zero-order chi connectivity index (χ0) is 28.1. The van der Waals surface area contributed by atoms with Gasteiger partial charge in [0.25, 0.3) is 5.91 Å². The Morgan fingerprint density at radius 1 is 1.15 bits per heavy atom. The number of nitrogens with zero attached hydrogens (tertiary/aromatic N) is 4. The van der Waals surface area contributed by atoms with Crippen molar-refractivity contribution in [2.45, 2.75) is 38.5 Å². The number of carbonyl (C=O) groups is 1. The van der Waals surface area contributed by atoms with E-state index in [1.54, 1.807) is 59.8 Å². The molecule has 1 saturated carbocycles. The molecule has 1 atom stereocenters. The molecule has 1 fully saturated rings. The molecule has 2 aromatic carbocycles. The maximum atomic E-state index is 13.9. The van der Waals surface area contributed by atoms with Crippen LogP contribution >= 0.6 is 0 Å². The fourth-order valence-corrected chi connectivity index (χ4v) is 4.82. The lowest BCUT2D eigenvalue weighted by Gasteiger charge is -2.20. The average Bonchev–Trinajstić information content (AvgIpc) is 3.57. The zero-order valence-electron chi connectivity index (χ0n) is 21.7. The summed E-state index contributed by atoms with van der Waals surface area (Å²) in [4.78, 5) is 13.6. The second kappa shape index (κ2) is 9.87. The Bertz CT molecular complexity index is 1610. The fourth-order valence-electron chi connectivity index (χ4n) is 4.82. The molecule has 39 heavy (non-hydrogen) atoms. The van der Waals surface area contributed by atoms with Crippen LogP contribution in [0.1, 0.15) is 51.6 Å². The minimum atomic E-state index is -4.69. The van der Waals surface area contributed by atoms with Gasteiger partial charge in [0.1, 0.15) is 5.82 Å². The van der Waals surface area contributed by atoms with Gasteiger partial charge >= 0.3 is 6.18 Å². The third-order valence-electron chi connectivity index (χ3n) is 7.01. The monoisotopic (exact) mass is 540 g/mol. The molecule has 5 rings (SSSR count). The number of alkyl halides is 3. The summed E-state index contributed by atoms with van der Waals surface area (Å²) in [5, 5.41) is 14.9. The largest absolute Gasteiger partial charge is 0.435 e. The molecular weight excluding hydrogens is 512 g/mol. The number of halogens is 4. The van der Waals surface area contributed by atoms with E-state index in [1.807, 2.05) is 0 Å². The predicted molar refractivity (Wildman–Crippen MR) is 136 cm³/mol. The molecule has 4 aromatic rings. The van der Waals surface area contributed by atoms with Crippen LogP contribution in [-0.4, -0.2) is 24.8 Å². The first-order valence-electron chi connectivity index (χ1n) is 12.5. The molecule has 0 spiro atoms. The highest BCUT2D eigenvalue weighted by molar-refractivity contribution is 5.96. The number of benzene rings is 2. The van der Waals surface area contributed by atoms with Crippen molar-refractivity contribution in [2.24, 2.45) is 20.0 Å². The van der Waals surface area contributed by atoms with Crippen LogP contribution < -0.4 is 10.9 Å². The van der Waals surface area contributed by atoms with Gasteiger partial charge in [0.2, 0.25) is 5.62 Å². The number of imidazole rings is 1. The SMILES string of the molecule is Cc1cc(C(NC(=O)c2cc(Cn3ccn(C)c3=N)cc(-c3cn(C)nc3C(F)(F)F)c2)C2CC2)ccc1F. The van der Waals surface area contributed by atoms with E-state index < -0.39 is 17.8 Å². The molecule has 2 N–H and O–H groups in total. The molecule has 11 heteroatoms. The van der Waals surface area contributed by atoms with Crippen LogP contribution in [0.15, 0.2) is 55.0 Å². The second-order valence-corrected chi connectivity index (χ2v) is 10.1. The first kappa shape index (κ1) is 26.5. The van der Waals surface area contributed by atoms with Crippen molar-refractivity contribution in [2.75, 3.05) is 0 Å². The van der Waals surface area contributed by atoms with Crippen LogP contribution in [-0.2, 0) is 26.8 Å². The molecule has 1 aliphatic carbocycles. The van der Waals surface area contributed by atoms with Crippen LogP contribution in [0.2, 0.25) is 0 Å². The number of aryl methyl sites for hydroxylation is 3. The molecule has 0 bridgehead atoms. The van der Waals surface area contributed by atoms with E-state index in [1.165, 1.54) is 25.4 Å². The van der Waals surface area contributed by atoms with E-state index in [0.717, 1.165) is 23.1 Å². The lowest BCUT2D eigenvalue weighted by molar-refractivity contribution is -0.140. The van der Waals surface area contributed by atoms with E-state index in [4.69, 9.17) is 5.41 Å². The van der Waals surface area contributed by atoms with Crippen molar-refractivity contribution in [3.63, 3.8) is 0 Å². The molecule has 1 aliphatic rings. The van der Waals surface area contributed by atoms with Gasteiger partial charge < -0.3 is 14.5 Å². The maximum Gasteiger partial charge on any atom is 0.435 e. The smallest absolute Gasteiger partial charge is 0.345 e. The van der Waals surface area contributed by atoms with Crippen LogP contribution in [0, 0.1) is 24.1 Å². The van der Waals surface area contributed by atoms with Gasteiger partial charge in [-0.1, -0.05) is 12.1 Å². The van der Waals surface area contributed by atoms with Gasteiger partial charge in [0.05, 0.1) is 12.6 Å². The van der Waals surface area contributed by atoms with E-state index in [9.17, 15) is 22.4 Å². The zero-order valence-corrected chi connectivity index (χ0v) is 21.7. The predicted octanol–water partition coefficient (Wildman–Crippen LogP) is 5.10. The third kappa shape index (κ3) is 5.52. The number of hydrogen-bond acceptors (Lipinski definition) is 3. The number of amides is 1. The standard InChI is InChI=1S/C28H28F4N6O/c1-16-10-19(6-7-23(16)29)24(18-4-5-18)34-26(39)21-12-17(14-38-9-8-36(2)27(38)33)11-20(13-21)22-15-37(3)35-25(22)28(30,31)32/h6-13,15,18,24,33H,4-5,14H2,1-3H3,(H,34,39). The first-order chi connectivity index (χ1) is 18.4. The second-order valence-electron chi connectivity index (χ2n) is 10.1. The molecule has 0 saturated heterocycles. The van der Waals surface area contributed by atoms with Crippen LogP contribution in [0.4, 0.5) is 17.6 Å². The summed E-state index contributed by atoms with van der Waals surface area (Å²) >= 11 is 0. The highest BCUT2D eigenvalue weighted by atomic mass is 19.4. The molecule has 2 aromatic heterocycles. The molecule has 2 heterocycles. The minimum Gasteiger partial charge on any atom is -0.345 e. The molecular formula is C28H28F4N6O. The Morgan fingerprint density at radius 2 is 1.90 bits per heavy atom. The fraction of sp³-hybridized carbons (Fsp3) is 0.321. The lowest BCUT2D eigenvalue weighted by Crippen LogP contribution is -2.30. The summed E-state index contributed by atoms with van der Waals surface area (Å²) in [7, 11) is 3.13. The Kier molecular flexibility index (Phi) is 6.69. The Morgan fingerprint density at radius 3 is 2.51 bits per heavy atom. The van der Waals surface area contributed by atoms with Gasteiger partial charge in [-0.15, -0.1) is 0 Å². The molecule has 1 amide bonds. The third-order valence-corrected chi connectivity index (χ3v) is 7.01. The van der Waals surface area contributed by atoms with Gasteiger partial charge in [-0.05, 0) is 72.2 Å². The Labute approximate surface area is 222 Å². The topological polar surface area (TPSA) is 80.6 Å². The van der Waals surface area contributed by atoms with Crippen molar-refractivity contribution in [3.05, 3.63) is 94.4 Å². The summed E-state index contributed by atoms with van der Waals surface area (Å²) in [6.45, 7) is 1.84. The van der Waals surface area contributed by atoms with Crippen LogP contribution in [0.5, 0.6) is 0 Å². The van der Waals surface area contributed by atoms with Crippen molar-refractivity contribution < 1.29 is 22.4 Å². The van der Waals surface area contributed by atoms with Gasteiger partial charge in [0.15, 0.2) is 5.69 Å². The van der Waals surface area contributed by atoms with E-state index in [2.05, 4.69) is 10.4 Å². The molecule has 0 aliphatic heterocycles. The average molecular weight is 541 g/mol. The quantitative estimate of drug-likeness (QED) is 0.320. The molecule has 0 radical (unpaired) electrons. The van der Waals surface area contributed by atoms with E-state index in [0.29, 0.717) is 11.1 Å². The number of rotatable bonds is 7. The van der Waals surface area contributed by atoms with Gasteiger partial charge in [-0.25, -0.2) is 4.39 Å². The normalized spacial score (nSPS) is 14.4. The molecule has 1 unspecified atom stereocenters. The van der Waals surface area contributed by atoms with Crippen LogP contribution in [0.3, 0.4) is 0 Å². The number of carbonyl (C=O) groups excluding carboxylic acids is 1. The minimum absolute atomic E-state index is 0.141. The number of aromatic nitrogens is 4. The van der Waals surface area contributed by atoms with Gasteiger partial charge in [-0.3, -0.25) is 14.9 Å². The summed E-state index contributed by atoms with van der Waals surface area (Å²) < 4.78 is 59.7. The van der Waals surface area contributed by atoms with Crippen LogP contribution in [0.25, 0.3) is 11.1 Å². The summed E-state index contributed by atoms with van der Waals surface area (Å²) in [6, 6.07) is 9.04. The van der Waals surface area contributed by atoms with Gasteiger partial charge in [0, 0.05) is 43.8 Å². The van der Waals surface area contributed by atoms with Gasteiger partial charge in [-0.2, -0.15) is 18.3 Å². The van der Waals surface area contributed by atoms with E-state index >= 15 is 0 Å². The summed E-state index contributed by atoms with van der Waals surface area (Å²) in [6.07, 6.45) is 1.81. The highest BCUT2D eigenvalue weighted by Crippen LogP contribution is 2.42. The van der Waals surface area contributed by atoms with E-state index in [-0.39, 0.29) is 46.6 Å².